The molecule has 1 heterocycles. The summed E-state index contributed by atoms with van der Waals surface area (Å²) in [6.45, 7) is 2.73. The van der Waals surface area contributed by atoms with E-state index in [1.165, 1.54) is 5.56 Å². The third-order valence-corrected chi connectivity index (χ3v) is 4.74. The molecule has 152 valence electrons. The minimum Gasteiger partial charge on any atom is -0.493 e. The van der Waals surface area contributed by atoms with Crippen LogP contribution >= 0.6 is 12.2 Å². The molecule has 0 unspecified atom stereocenters. The van der Waals surface area contributed by atoms with Crippen LogP contribution in [0.1, 0.15) is 36.7 Å². The molecule has 0 radical (unpaired) electrons. The number of ether oxygens (including phenoxy) is 2. The Morgan fingerprint density at radius 3 is 2.72 bits per heavy atom. The van der Waals surface area contributed by atoms with Gasteiger partial charge in [0.05, 0.1) is 19.9 Å². The molecule has 2 aromatic carbocycles. The average molecular weight is 411 g/mol. The van der Waals surface area contributed by atoms with Crippen LogP contribution in [0, 0.1) is 4.77 Å². The Kier molecular flexibility index (Phi) is 7.58. The van der Waals surface area contributed by atoms with Gasteiger partial charge in [-0.05, 0) is 48.0 Å². The molecule has 0 aliphatic rings. The largest absolute Gasteiger partial charge is 0.493 e. The highest BCUT2D eigenvalue weighted by Gasteiger charge is 2.07. The number of methoxy groups -OCH3 is 1. The van der Waals surface area contributed by atoms with Crippen molar-refractivity contribution in [1.82, 2.24) is 14.9 Å². The quantitative estimate of drug-likeness (QED) is 0.385. The first-order valence-corrected chi connectivity index (χ1v) is 10.2. The molecular weight excluding hydrogens is 384 g/mol. The highest BCUT2D eigenvalue weighted by molar-refractivity contribution is 7.71. The fraction of sp³-hybridized carbons (Fsp3) is 0.318. The van der Waals surface area contributed by atoms with Crippen LogP contribution in [0.5, 0.6) is 11.5 Å². The van der Waals surface area contributed by atoms with Gasteiger partial charge >= 0.3 is 0 Å². The summed E-state index contributed by atoms with van der Waals surface area (Å²) in [5, 5.41) is 11.6. The van der Waals surface area contributed by atoms with Crippen LogP contribution in [0.4, 0.5) is 0 Å². The summed E-state index contributed by atoms with van der Waals surface area (Å²) in [5.74, 6) is 2.22. The summed E-state index contributed by atoms with van der Waals surface area (Å²) in [6, 6.07) is 16.0. The van der Waals surface area contributed by atoms with Crippen molar-refractivity contribution < 1.29 is 9.47 Å². The Bertz CT molecular complexity index is 996. The summed E-state index contributed by atoms with van der Waals surface area (Å²) in [4.78, 5) is 0. The third-order valence-electron chi connectivity index (χ3n) is 4.47. The maximum atomic E-state index is 5.91. The molecule has 0 aliphatic heterocycles. The number of nitrogens with one attached hydrogen (secondary N) is 1. The Morgan fingerprint density at radius 2 is 1.97 bits per heavy atom. The van der Waals surface area contributed by atoms with Gasteiger partial charge in [-0.25, -0.2) is 0 Å². The van der Waals surface area contributed by atoms with Crippen molar-refractivity contribution in [3.8, 4) is 11.5 Å². The van der Waals surface area contributed by atoms with E-state index in [1.807, 2.05) is 36.4 Å². The zero-order valence-electron chi connectivity index (χ0n) is 16.8. The smallest absolute Gasteiger partial charge is 0.216 e. The van der Waals surface area contributed by atoms with E-state index in [2.05, 4.69) is 34.4 Å². The van der Waals surface area contributed by atoms with Crippen molar-refractivity contribution in [2.45, 2.75) is 32.6 Å². The molecule has 0 aliphatic carbocycles. The Hall–Kier alpha value is -2.93. The van der Waals surface area contributed by atoms with Crippen LogP contribution in [0.3, 0.4) is 0 Å². The predicted octanol–water partition coefficient (Wildman–Crippen LogP) is 4.80. The highest BCUT2D eigenvalue weighted by atomic mass is 32.1. The molecule has 29 heavy (non-hydrogen) atoms. The SMILES string of the molecule is CCCCc1n[nH]c(=S)n1/N=C\c1ccc(OCCc2ccccc2)c(OC)c1. The van der Waals surface area contributed by atoms with Crippen LogP contribution in [-0.4, -0.2) is 34.8 Å². The van der Waals surface area contributed by atoms with E-state index in [0.29, 0.717) is 22.9 Å². The molecule has 0 atom stereocenters. The Labute approximate surface area is 176 Å². The minimum absolute atomic E-state index is 0.486. The topological polar surface area (TPSA) is 64.4 Å². The molecule has 7 heteroatoms. The number of benzene rings is 2. The molecule has 0 bridgehead atoms. The lowest BCUT2D eigenvalue weighted by molar-refractivity contribution is 0.297. The molecule has 3 rings (SSSR count). The second-order valence-electron chi connectivity index (χ2n) is 6.60. The van der Waals surface area contributed by atoms with Gasteiger partial charge in [0.25, 0.3) is 0 Å². The average Bonchev–Trinajstić information content (AvgIpc) is 3.11. The summed E-state index contributed by atoms with van der Waals surface area (Å²) in [5.41, 5.74) is 2.13. The lowest BCUT2D eigenvalue weighted by Crippen LogP contribution is -2.03. The molecule has 0 amide bonds. The second-order valence-corrected chi connectivity index (χ2v) is 6.99. The van der Waals surface area contributed by atoms with Gasteiger partial charge < -0.3 is 9.47 Å². The van der Waals surface area contributed by atoms with E-state index in [0.717, 1.165) is 37.1 Å². The fourth-order valence-corrected chi connectivity index (χ4v) is 3.07. The summed E-state index contributed by atoms with van der Waals surface area (Å²) >= 11 is 5.28. The monoisotopic (exact) mass is 410 g/mol. The summed E-state index contributed by atoms with van der Waals surface area (Å²) in [6.07, 6.45) is 5.55. The zero-order chi connectivity index (χ0) is 20.5. The minimum atomic E-state index is 0.486. The molecule has 1 N–H and O–H groups in total. The number of nitrogens with zero attached hydrogens (tertiary/aromatic N) is 3. The van der Waals surface area contributed by atoms with Gasteiger partial charge in [0.2, 0.25) is 4.77 Å². The number of H-pyrrole nitrogens is 1. The molecular formula is C22H26N4O2S. The predicted molar refractivity (Wildman–Crippen MR) is 118 cm³/mol. The zero-order valence-corrected chi connectivity index (χ0v) is 17.6. The summed E-state index contributed by atoms with van der Waals surface area (Å²) < 4.78 is 13.6. The second kappa shape index (κ2) is 10.6. The number of aryl methyl sites for hydroxylation is 1. The van der Waals surface area contributed by atoms with Gasteiger partial charge in [0.1, 0.15) is 0 Å². The standard InChI is InChI=1S/C22H26N4O2S/c1-3-4-10-21-24-25-22(29)26(21)23-16-18-11-12-19(20(15-18)27-2)28-14-13-17-8-6-5-7-9-17/h5-9,11-12,15-16H,3-4,10,13-14H2,1-2H3,(H,25,29)/b23-16-. The van der Waals surface area contributed by atoms with Crippen molar-refractivity contribution in [1.29, 1.82) is 0 Å². The first-order valence-electron chi connectivity index (χ1n) is 9.76. The first-order chi connectivity index (χ1) is 14.2. The van der Waals surface area contributed by atoms with Gasteiger partial charge in [0, 0.05) is 12.8 Å². The van der Waals surface area contributed by atoms with Crippen molar-refractivity contribution in [3.05, 3.63) is 70.3 Å². The number of hydrogen-bond acceptors (Lipinski definition) is 5. The molecule has 1 aromatic heterocycles. The van der Waals surface area contributed by atoms with E-state index in [9.17, 15) is 0 Å². The van der Waals surface area contributed by atoms with Crippen molar-refractivity contribution in [3.63, 3.8) is 0 Å². The van der Waals surface area contributed by atoms with Crippen molar-refractivity contribution in [2.24, 2.45) is 5.10 Å². The molecule has 0 saturated carbocycles. The van der Waals surface area contributed by atoms with E-state index < -0.39 is 0 Å². The maximum absolute atomic E-state index is 5.91. The number of hydrogen-bond donors (Lipinski definition) is 1. The molecule has 0 fully saturated rings. The van der Waals surface area contributed by atoms with Crippen LogP contribution in [0.15, 0.2) is 53.6 Å². The van der Waals surface area contributed by atoms with E-state index in [-0.39, 0.29) is 0 Å². The normalized spacial score (nSPS) is 11.1. The maximum Gasteiger partial charge on any atom is 0.216 e. The lowest BCUT2D eigenvalue weighted by Gasteiger charge is -2.11. The lowest BCUT2D eigenvalue weighted by atomic mass is 10.2. The van der Waals surface area contributed by atoms with Crippen LogP contribution < -0.4 is 9.47 Å². The fourth-order valence-electron chi connectivity index (χ4n) is 2.87. The van der Waals surface area contributed by atoms with Crippen molar-refractivity contribution >= 4 is 18.4 Å². The Morgan fingerprint density at radius 1 is 1.14 bits per heavy atom. The number of rotatable bonds is 10. The number of aromatic amines is 1. The molecule has 0 spiro atoms. The highest BCUT2D eigenvalue weighted by Crippen LogP contribution is 2.27. The number of aromatic nitrogens is 3. The van der Waals surface area contributed by atoms with Gasteiger partial charge in [-0.2, -0.15) is 14.9 Å². The van der Waals surface area contributed by atoms with Gasteiger partial charge in [-0.15, -0.1) is 0 Å². The van der Waals surface area contributed by atoms with Crippen molar-refractivity contribution in [2.75, 3.05) is 13.7 Å². The van der Waals surface area contributed by atoms with Crippen LogP contribution in [0.25, 0.3) is 0 Å². The van der Waals surface area contributed by atoms with Gasteiger partial charge in [-0.1, -0.05) is 43.7 Å². The molecule has 3 aromatic rings. The third kappa shape index (κ3) is 5.77. The first kappa shape index (κ1) is 20.8. The molecule has 6 nitrogen and oxygen atoms in total. The van der Waals surface area contributed by atoms with E-state index in [1.54, 1.807) is 18.0 Å². The van der Waals surface area contributed by atoms with E-state index in [4.69, 9.17) is 21.7 Å². The number of unbranched alkanes of at least 4 members (excludes halogenated alkanes) is 1. The van der Waals surface area contributed by atoms with E-state index >= 15 is 0 Å². The molecule has 0 saturated heterocycles. The van der Waals surface area contributed by atoms with Crippen LogP contribution in [-0.2, 0) is 12.8 Å². The van der Waals surface area contributed by atoms with Gasteiger partial charge in [0.15, 0.2) is 17.3 Å². The summed E-state index contributed by atoms with van der Waals surface area (Å²) in [7, 11) is 1.63. The van der Waals surface area contributed by atoms with Gasteiger partial charge in [-0.3, -0.25) is 5.10 Å². The van der Waals surface area contributed by atoms with Crippen LogP contribution in [0.2, 0.25) is 0 Å². The Balaban J connectivity index is 1.68.